The van der Waals surface area contributed by atoms with Crippen LogP contribution in [0.15, 0.2) is 30.3 Å². The molecular weight excluding hydrogens is 308 g/mol. The topological polar surface area (TPSA) is 77.9 Å². The van der Waals surface area contributed by atoms with Crippen molar-refractivity contribution in [3.05, 3.63) is 30.3 Å². The average Bonchev–Trinajstić information content (AvgIpc) is 3.21. The molecule has 1 aliphatic heterocycles. The van der Waals surface area contributed by atoms with Crippen LogP contribution in [0.3, 0.4) is 0 Å². The number of hydrogen-bond donors (Lipinski definition) is 1. The molecule has 6 heteroatoms. The summed E-state index contributed by atoms with van der Waals surface area (Å²) in [6.07, 6.45) is 2.10. The summed E-state index contributed by atoms with van der Waals surface area (Å²) >= 11 is 0. The molecule has 1 N–H and O–H groups in total. The Kier molecular flexibility index (Phi) is 4.55. The zero-order valence-corrected chi connectivity index (χ0v) is 13.7. The van der Waals surface area contributed by atoms with Gasteiger partial charge in [-0.1, -0.05) is 18.2 Å². The molecule has 1 saturated heterocycles. The lowest BCUT2D eigenvalue weighted by Crippen LogP contribution is -2.45. The minimum atomic E-state index is -0.833. The monoisotopic (exact) mass is 330 g/mol. The highest BCUT2D eigenvalue weighted by Crippen LogP contribution is 2.33. The molecule has 24 heavy (non-hydrogen) atoms. The van der Waals surface area contributed by atoms with Gasteiger partial charge in [0.15, 0.2) is 0 Å². The largest absolute Gasteiger partial charge is 0.481 e. The van der Waals surface area contributed by atoms with Crippen molar-refractivity contribution in [1.82, 2.24) is 4.90 Å². The predicted molar refractivity (Wildman–Crippen MR) is 88.4 cm³/mol. The summed E-state index contributed by atoms with van der Waals surface area (Å²) < 4.78 is 0. The Bertz CT molecular complexity index is 646. The smallest absolute Gasteiger partial charge is 0.306 e. The molecule has 2 fully saturated rings. The molecule has 128 valence electrons. The second-order valence-electron chi connectivity index (χ2n) is 6.62. The van der Waals surface area contributed by atoms with Crippen molar-refractivity contribution in [3.63, 3.8) is 0 Å². The molecule has 1 aliphatic carbocycles. The third kappa shape index (κ3) is 3.00. The fourth-order valence-corrected chi connectivity index (χ4v) is 3.76. The SMILES string of the molecule is CN(C(=O)[C@@H]1CC[C@H](C(=O)O)C1)C1CCN(c2ccccc2)C1=O. The third-order valence-corrected chi connectivity index (χ3v) is 5.19. The van der Waals surface area contributed by atoms with Crippen molar-refractivity contribution in [2.75, 3.05) is 18.5 Å². The van der Waals surface area contributed by atoms with E-state index in [1.54, 1.807) is 11.9 Å². The van der Waals surface area contributed by atoms with Crippen LogP contribution in [0.4, 0.5) is 5.69 Å². The van der Waals surface area contributed by atoms with Crippen molar-refractivity contribution in [2.24, 2.45) is 11.8 Å². The van der Waals surface area contributed by atoms with Crippen molar-refractivity contribution < 1.29 is 19.5 Å². The molecule has 1 saturated carbocycles. The summed E-state index contributed by atoms with van der Waals surface area (Å²) in [7, 11) is 1.66. The molecular formula is C18H22N2O4. The third-order valence-electron chi connectivity index (χ3n) is 5.19. The Labute approximate surface area is 141 Å². The fraction of sp³-hybridized carbons (Fsp3) is 0.500. The zero-order chi connectivity index (χ0) is 17.3. The standard InChI is InChI=1S/C18H22N2O4/c1-19(16(21)12-7-8-13(11-12)18(23)24)15-9-10-20(17(15)22)14-5-3-2-4-6-14/h2-6,12-13,15H,7-11H2,1H3,(H,23,24)/t12-,13+,15?/m1/s1. The van der Waals surface area contributed by atoms with Gasteiger partial charge < -0.3 is 14.9 Å². The number of carboxylic acids is 1. The van der Waals surface area contributed by atoms with Gasteiger partial charge >= 0.3 is 5.97 Å². The fourth-order valence-electron chi connectivity index (χ4n) is 3.76. The molecule has 0 spiro atoms. The van der Waals surface area contributed by atoms with Gasteiger partial charge in [0.1, 0.15) is 6.04 Å². The Hall–Kier alpha value is -2.37. The molecule has 2 amide bonds. The van der Waals surface area contributed by atoms with Gasteiger partial charge in [0.2, 0.25) is 11.8 Å². The number of nitrogens with zero attached hydrogens (tertiary/aromatic N) is 2. The molecule has 1 unspecified atom stereocenters. The maximum atomic E-state index is 12.7. The van der Waals surface area contributed by atoms with Gasteiger partial charge in [-0.05, 0) is 37.8 Å². The number of amides is 2. The molecule has 1 aromatic carbocycles. The summed E-state index contributed by atoms with van der Waals surface area (Å²) in [5.41, 5.74) is 0.845. The van der Waals surface area contributed by atoms with Crippen molar-refractivity contribution in [1.29, 1.82) is 0 Å². The first-order valence-electron chi connectivity index (χ1n) is 8.35. The number of rotatable bonds is 4. The van der Waals surface area contributed by atoms with Gasteiger partial charge in [-0.15, -0.1) is 0 Å². The number of carboxylic acid groups (broad SMARTS) is 1. The van der Waals surface area contributed by atoms with E-state index in [0.29, 0.717) is 32.2 Å². The highest BCUT2D eigenvalue weighted by molar-refractivity contribution is 6.01. The predicted octanol–water partition coefficient (Wildman–Crippen LogP) is 1.75. The zero-order valence-electron chi connectivity index (χ0n) is 13.7. The number of carbonyl (C=O) groups excluding carboxylic acids is 2. The minimum absolute atomic E-state index is 0.0650. The van der Waals surface area contributed by atoms with Crippen LogP contribution in [0.1, 0.15) is 25.7 Å². The van der Waals surface area contributed by atoms with E-state index in [9.17, 15) is 14.4 Å². The Morgan fingerprint density at radius 2 is 1.79 bits per heavy atom. The molecule has 3 rings (SSSR count). The van der Waals surface area contributed by atoms with E-state index in [0.717, 1.165) is 5.69 Å². The van der Waals surface area contributed by atoms with Gasteiger partial charge in [0.25, 0.3) is 0 Å². The van der Waals surface area contributed by atoms with Gasteiger partial charge in [-0.25, -0.2) is 0 Å². The lowest BCUT2D eigenvalue weighted by atomic mass is 10.0. The van der Waals surface area contributed by atoms with E-state index in [4.69, 9.17) is 5.11 Å². The summed E-state index contributed by atoms with van der Waals surface area (Å²) in [6.45, 7) is 0.591. The molecule has 3 atom stereocenters. The number of anilines is 1. The lowest BCUT2D eigenvalue weighted by Gasteiger charge is -2.26. The van der Waals surface area contributed by atoms with Crippen LogP contribution in [0.5, 0.6) is 0 Å². The first-order valence-corrected chi connectivity index (χ1v) is 8.35. The summed E-state index contributed by atoms with van der Waals surface area (Å²) in [4.78, 5) is 39.6. The molecule has 1 aromatic rings. The van der Waals surface area contributed by atoms with E-state index >= 15 is 0 Å². The van der Waals surface area contributed by atoms with Crippen LogP contribution in [0.2, 0.25) is 0 Å². The highest BCUT2D eigenvalue weighted by Gasteiger charge is 2.41. The number of likely N-dealkylation sites (N-methyl/N-ethyl adjacent to an activating group) is 1. The van der Waals surface area contributed by atoms with Gasteiger partial charge in [-0.2, -0.15) is 0 Å². The van der Waals surface area contributed by atoms with E-state index in [1.807, 2.05) is 30.3 Å². The van der Waals surface area contributed by atoms with Crippen LogP contribution in [-0.4, -0.2) is 47.4 Å². The van der Waals surface area contributed by atoms with Crippen LogP contribution in [0, 0.1) is 11.8 Å². The molecule has 0 radical (unpaired) electrons. The van der Waals surface area contributed by atoms with Crippen molar-refractivity contribution in [2.45, 2.75) is 31.7 Å². The first kappa shape index (κ1) is 16.5. The van der Waals surface area contributed by atoms with Crippen LogP contribution >= 0.6 is 0 Å². The Morgan fingerprint density at radius 1 is 1.12 bits per heavy atom. The van der Waals surface area contributed by atoms with Crippen molar-refractivity contribution >= 4 is 23.5 Å². The maximum absolute atomic E-state index is 12.7. The van der Waals surface area contributed by atoms with Crippen LogP contribution in [0.25, 0.3) is 0 Å². The first-order chi connectivity index (χ1) is 11.5. The minimum Gasteiger partial charge on any atom is -0.481 e. The van der Waals surface area contributed by atoms with E-state index in [-0.39, 0.29) is 17.7 Å². The van der Waals surface area contributed by atoms with Gasteiger partial charge in [0.05, 0.1) is 5.92 Å². The second kappa shape index (κ2) is 6.63. The van der Waals surface area contributed by atoms with E-state index in [1.165, 1.54) is 4.90 Å². The number of para-hydroxylation sites is 1. The van der Waals surface area contributed by atoms with Crippen molar-refractivity contribution in [3.8, 4) is 0 Å². The quantitative estimate of drug-likeness (QED) is 0.912. The van der Waals surface area contributed by atoms with E-state index < -0.39 is 17.9 Å². The number of hydrogen-bond acceptors (Lipinski definition) is 3. The average molecular weight is 330 g/mol. The number of benzene rings is 1. The summed E-state index contributed by atoms with van der Waals surface area (Å²) in [6, 6.07) is 8.98. The highest BCUT2D eigenvalue weighted by atomic mass is 16.4. The molecule has 0 aromatic heterocycles. The summed E-state index contributed by atoms with van der Waals surface area (Å²) in [5.74, 6) is -1.72. The Morgan fingerprint density at radius 3 is 2.42 bits per heavy atom. The normalized spacial score (nSPS) is 26.6. The van der Waals surface area contributed by atoms with Crippen LogP contribution < -0.4 is 4.90 Å². The maximum Gasteiger partial charge on any atom is 0.306 e. The molecule has 6 nitrogen and oxygen atoms in total. The van der Waals surface area contributed by atoms with Gasteiger partial charge in [0, 0.05) is 25.2 Å². The van der Waals surface area contributed by atoms with E-state index in [2.05, 4.69) is 0 Å². The molecule has 1 heterocycles. The van der Waals surface area contributed by atoms with Gasteiger partial charge in [-0.3, -0.25) is 14.4 Å². The number of carbonyl (C=O) groups is 3. The lowest BCUT2D eigenvalue weighted by molar-refractivity contribution is -0.142. The molecule has 2 aliphatic rings. The van der Waals surface area contributed by atoms with Crippen LogP contribution in [-0.2, 0) is 14.4 Å². The second-order valence-corrected chi connectivity index (χ2v) is 6.62. The summed E-state index contributed by atoms with van der Waals surface area (Å²) in [5, 5.41) is 9.08. The number of aliphatic carboxylic acids is 1. The molecule has 0 bridgehead atoms. The Balaban J connectivity index is 1.65.